The summed E-state index contributed by atoms with van der Waals surface area (Å²) in [5, 5.41) is 11.5. The number of carbonyl (C=O) groups excluding carboxylic acids is 1. The fraction of sp³-hybridized carbons (Fsp3) is 0.250. The zero-order valence-electron chi connectivity index (χ0n) is 11.9. The number of hydrogen-bond acceptors (Lipinski definition) is 4. The van der Waals surface area contributed by atoms with E-state index in [9.17, 15) is 4.79 Å². The van der Waals surface area contributed by atoms with Crippen molar-refractivity contribution in [3.05, 3.63) is 53.6 Å². The van der Waals surface area contributed by atoms with Crippen LogP contribution in [0.5, 0.6) is 0 Å². The lowest BCUT2D eigenvalue weighted by Gasteiger charge is -2.04. The van der Waals surface area contributed by atoms with Crippen molar-refractivity contribution in [3.8, 4) is 0 Å². The lowest BCUT2D eigenvalue weighted by Crippen LogP contribution is -2.23. The Labute approximate surface area is 127 Å². The number of H-pyrrole nitrogens is 1. The molecule has 1 amide bonds. The standard InChI is InChI=1S/C16H15N5O/c22-16(18-9-13-2-1-5-19-21-13)12-6-11-7-14(10-3-4-10)20-15(11)17-8-12/h1-2,5-8,10H,3-4,9H2,(H,17,20)(H,18,22). The summed E-state index contributed by atoms with van der Waals surface area (Å²) < 4.78 is 0. The first kappa shape index (κ1) is 12.9. The van der Waals surface area contributed by atoms with Gasteiger partial charge in [-0.05, 0) is 43.0 Å². The molecule has 1 fully saturated rings. The van der Waals surface area contributed by atoms with E-state index in [1.807, 2.05) is 12.1 Å². The van der Waals surface area contributed by atoms with Crippen molar-refractivity contribution in [1.82, 2.24) is 25.5 Å². The van der Waals surface area contributed by atoms with Crippen LogP contribution in [0.15, 0.2) is 36.7 Å². The summed E-state index contributed by atoms with van der Waals surface area (Å²) in [5.41, 5.74) is 3.34. The Morgan fingerprint density at radius 1 is 1.36 bits per heavy atom. The molecular formula is C16H15N5O. The van der Waals surface area contributed by atoms with Gasteiger partial charge in [0.2, 0.25) is 0 Å². The third-order valence-corrected chi connectivity index (χ3v) is 3.83. The zero-order chi connectivity index (χ0) is 14.9. The molecule has 1 aliphatic rings. The van der Waals surface area contributed by atoms with Gasteiger partial charge in [-0.15, -0.1) is 0 Å². The monoisotopic (exact) mass is 293 g/mol. The summed E-state index contributed by atoms with van der Waals surface area (Å²) >= 11 is 0. The first-order valence-electron chi connectivity index (χ1n) is 7.33. The number of nitrogens with zero attached hydrogens (tertiary/aromatic N) is 3. The first-order chi connectivity index (χ1) is 10.8. The molecule has 2 N–H and O–H groups in total. The Morgan fingerprint density at radius 3 is 3.05 bits per heavy atom. The van der Waals surface area contributed by atoms with Crippen molar-refractivity contribution in [3.63, 3.8) is 0 Å². The van der Waals surface area contributed by atoms with Crippen LogP contribution in [0.1, 0.15) is 40.5 Å². The lowest BCUT2D eigenvalue weighted by molar-refractivity contribution is 0.0950. The maximum atomic E-state index is 12.2. The van der Waals surface area contributed by atoms with E-state index in [1.165, 1.54) is 18.5 Å². The molecule has 0 spiro atoms. The molecule has 3 heterocycles. The largest absolute Gasteiger partial charge is 0.346 e. The molecule has 0 aliphatic heterocycles. The summed E-state index contributed by atoms with van der Waals surface area (Å²) in [6.07, 6.45) is 5.67. The molecule has 3 aromatic heterocycles. The van der Waals surface area contributed by atoms with Crippen LogP contribution in [0, 0.1) is 0 Å². The summed E-state index contributed by atoms with van der Waals surface area (Å²) in [5.74, 6) is 0.484. The number of amides is 1. The fourth-order valence-corrected chi connectivity index (χ4v) is 2.48. The Hall–Kier alpha value is -2.76. The van der Waals surface area contributed by atoms with Crippen LogP contribution < -0.4 is 5.32 Å². The minimum absolute atomic E-state index is 0.158. The fourth-order valence-electron chi connectivity index (χ4n) is 2.48. The zero-order valence-corrected chi connectivity index (χ0v) is 11.9. The number of fused-ring (bicyclic) bond motifs is 1. The number of carbonyl (C=O) groups is 1. The van der Waals surface area contributed by atoms with Crippen LogP contribution in [0.4, 0.5) is 0 Å². The van der Waals surface area contributed by atoms with E-state index in [1.54, 1.807) is 18.5 Å². The SMILES string of the molecule is O=C(NCc1cccnn1)c1cnc2[nH]c(C3CC3)cc2c1. The molecule has 1 saturated carbocycles. The van der Waals surface area contributed by atoms with Crippen LogP contribution in [-0.4, -0.2) is 26.1 Å². The van der Waals surface area contributed by atoms with Gasteiger partial charge in [-0.2, -0.15) is 10.2 Å². The Morgan fingerprint density at radius 2 is 2.27 bits per heavy atom. The van der Waals surface area contributed by atoms with Crippen molar-refractivity contribution in [2.45, 2.75) is 25.3 Å². The highest BCUT2D eigenvalue weighted by Gasteiger charge is 2.25. The minimum atomic E-state index is -0.158. The highest BCUT2D eigenvalue weighted by molar-refractivity contribution is 5.97. The van der Waals surface area contributed by atoms with Gasteiger partial charge in [-0.3, -0.25) is 4.79 Å². The second-order valence-electron chi connectivity index (χ2n) is 5.56. The molecule has 0 atom stereocenters. The Bertz CT molecular complexity index is 823. The third-order valence-electron chi connectivity index (χ3n) is 3.83. The highest BCUT2D eigenvalue weighted by Crippen LogP contribution is 2.40. The van der Waals surface area contributed by atoms with Gasteiger partial charge in [0.15, 0.2) is 0 Å². The Balaban J connectivity index is 1.51. The summed E-state index contributed by atoms with van der Waals surface area (Å²) in [7, 11) is 0. The molecule has 0 radical (unpaired) electrons. The molecule has 0 unspecified atom stereocenters. The van der Waals surface area contributed by atoms with Crippen LogP contribution in [-0.2, 0) is 6.54 Å². The van der Waals surface area contributed by atoms with Gasteiger partial charge in [0, 0.05) is 23.5 Å². The highest BCUT2D eigenvalue weighted by atomic mass is 16.1. The molecule has 6 heteroatoms. The van der Waals surface area contributed by atoms with Gasteiger partial charge in [0.1, 0.15) is 5.65 Å². The smallest absolute Gasteiger partial charge is 0.253 e. The predicted octanol–water partition coefficient (Wildman–Crippen LogP) is 2.16. The minimum Gasteiger partial charge on any atom is -0.346 e. The maximum Gasteiger partial charge on any atom is 0.253 e. The lowest BCUT2D eigenvalue weighted by atomic mass is 10.2. The quantitative estimate of drug-likeness (QED) is 0.772. The molecule has 0 bridgehead atoms. The molecule has 110 valence electrons. The van der Waals surface area contributed by atoms with Crippen LogP contribution in [0.3, 0.4) is 0 Å². The third kappa shape index (κ3) is 2.55. The molecule has 3 aromatic rings. The second-order valence-corrected chi connectivity index (χ2v) is 5.56. The van der Waals surface area contributed by atoms with E-state index in [-0.39, 0.29) is 5.91 Å². The van der Waals surface area contributed by atoms with Crippen molar-refractivity contribution >= 4 is 16.9 Å². The molecule has 6 nitrogen and oxygen atoms in total. The van der Waals surface area contributed by atoms with E-state index in [0.29, 0.717) is 18.0 Å². The van der Waals surface area contributed by atoms with E-state index in [0.717, 1.165) is 16.7 Å². The summed E-state index contributed by atoms with van der Waals surface area (Å²) in [6.45, 7) is 0.352. The number of pyridine rings is 1. The van der Waals surface area contributed by atoms with Crippen LogP contribution >= 0.6 is 0 Å². The number of rotatable bonds is 4. The molecule has 1 aliphatic carbocycles. The number of nitrogens with one attached hydrogen (secondary N) is 2. The Kier molecular flexibility index (Phi) is 3.07. The number of aromatic nitrogens is 4. The predicted molar refractivity (Wildman–Crippen MR) is 81.3 cm³/mol. The van der Waals surface area contributed by atoms with Crippen LogP contribution in [0.25, 0.3) is 11.0 Å². The molecule has 0 aromatic carbocycles. The number of aromatic amines is 1. The second kappa shape index (κ2) is 5.22. The topological polar surface area (TPSA) is 83.6 Å². The molecule has 0 saturated heterocycles. The molecular weight excluding hydrogens is 278 g/mol. The summed E-state index contributed by atoms with van der Waals surface area (Å²) in [6, 6.07) is 7.58. The van der Waals surface area contributed by atoms with Crippen molar-refractivity contribution in [1.29, 1.82) is 0 Å². The molecule has 4 rings (SSSR count). The van der Waals surface area contributed by atoms with Gasteiger partial charge >= 0.3 is 0 Å². The van der Waals surface area contributed by atoms with Gasteiger partial charge in [-0.1, -0.05) is 0 Å². The van der Waals surface area contributed by atoms with Gasteiger partial charge < -0.3 is 10.3 Å². The first-order valence-corrected chi connectivity index (χ1v) is 7.33. The average Bonchev–Trinajstić information content (AvgIpc) is 3.32. The van der Waals surface area contributed by atoms with Crippen molar-refractivity contribution in [2.75, 3.05) is 0 Å². The van der Waals surface area contributed by atoms with E-state index >= 15 is 0 Å². The van der Waals surface area contributed by atoms with Gasteiger partial charge in [0.25, 0.3) is 5.91 Å². The van der Waals surface area contributed by atoms with Crippen molar-refractivity contribution in [2.24, 2.45) is 0 Å². The van der Waals surface area contributed by atoms with Crippen molar-refractivity contribution < 1.29 is 4.79 Å². The van der Waals surface area contributed by atoms with E-state index < -0.39 is 0 Å². The van der Waals surface area contributed by atoms with Gasteiger partial charge in [0.05, 0.1) is 17.8 Å². The van der Waals surface area contributed by atoms with E-state index in [2.05, 4.69) is 31.5 Å². The maximum absolute atomic E-state index is 12.2. The van der Waals surface area contributed by atoms with Gasteiger partial charge in [-0.25, -0.2) is 4.98 Å². The summed E-state index contributed by atoms with van der Waals surface area (Å²) in [4.78, 5) is 19.9. The molecule has 22 heavy (non-hydrogen) atoms. The van der Waals surface area contributed by atoms with Crippen LogP contribution in [0.2, 0.25) is 0 Å². The van der Waals surface area contributed by atoms with E-state index in [4.69, 9.17) is 0 Å². The average molecular weight is 293 g/mol. The number of hydrogen-bond donors (Lipinski definition) is 2. The normalized spacial score (nSPS) is 14.2.